The zero-order valence-electron chi connectivity index (χ0n) is 13.0. The van der Waals surface area contributed by atoms with Crippen LogP contribution in [0, 0.1) is 0 Å². The number of pyridine rings is 1. The van der Waals surface area contributed by atoms with Crippen molar-refractivity contribution in [2.24, 2.45) is 0 Å². The standard InChI is InChI=1S/C18H15ClN2O2S/c1-23-15-9-16-10(7-12(15)19)6-11-8-14(13-4-2-3-5-20-13)21-18(22)17(11)24-16/h2-5,7,9,14H,6,8H2,1H3,(H,21,22). The third-order valence-corrected chi connectivity index (χ3v) is 5.85. The molecule has 2 aliphatic heterocycles. The van der Waals surface area contributed by atoms with E-state index in [9.17, 15) is 4.79 Å². The summed E-state index contributed by atoms with van der Waals surface area (Å²) in [5.74, 6) is 0.603. The van der Waals surface area contributed by atoms with Crippen molar-refractivity contribution in [3.05, 3.63) is 63.3 Å². The molecule has 1 amide bonds. The van der Waals surface area contributed by atoms with Crippen molar-refractivity contribution >= 4 is 29.3 Å². The fourth-order valence-electron chi connectivity index (χ4n) is 3.11. The van der Waals surface area contributed by atoms with Gasteiger partial charge in [0.15, 0.2) is 0 Å². The number of halogens is 1. The normalized spacial score (nSPS) is 19.4. The summed E-state index contributed by atoms with van der Waals surface area (Å²) in [5, 5.41) is 3.66. The van der Waals surface area contributed by atoms with Crippen LogP contribution in [-0.2, 0) is 11.2 Å². The van der Waals surface area contributed by atoms with Crippen molar-refractivity contribution in [2.45, 2.75) is 23.8 Å². The van der Waals surface area contributed by atoms with Gasteiger partial charge in [0.25, 0.3) is 5.91 Å². The maximum Gasteiger partial charge on any atom is 0.258 e. The van der Waals surface area contributed by atoms with Crippen LogP contribution in [-0.4, -0.2) is 18.0 Å². The molecule has 6 heteroatoms. The lowest BCUT2D eigenvalue weighted by atomic mass is 9.93. The zero-order valence-corrected chi connectivity index (χ0v) is 14.6. The molecule has 0 saturated heterocycles. The van der Waals surface area contributed by atoms with Gasteiger partial charge in [0.05, 0.1) is 28.8 Å². The number of aromatic nitrogens is 1. The monoisotopic (exact) mass is 358 g/mol. The lowest BCUT2D eigenvalue weighted by Crippen LogP contribution is -2.35. The maximum atomic E-state index is 12.6. The van der Waals surface area contributed by atoms with Gasteiger partial charge in [-0.1, -0.05) is 29.4 Å². The summed E-state index contributed by atoms with van der Waals surface area (Å²) in [7, 11) is 1.59. The molecule has 0 saturated carbocycles. The highest BCUT2D eigenvalue weighted by atomic mass is 35.5. The van der Waals surface area contributed by atoms with E-state index in [0.717, 1.165) is 39.5 Å². The first kappa shape index (κ1) is 15.5. The van der Waals surface area contributed by atoms with Gasteiger partial charge < -0.3 is 10.1 Å². The molecule has 0 bridgehead atoms. The molecule has 122 valence electrons. The van der Waals surface area contributed by atoms with E-state index in [1.165, 1.54) is 11.8 Å². The Morgan fingerprint density at radius 3 is 3.00 bits per heavy atom. The highest BCUT2D eigenvalue weighted by Crippen LogP contribution is 2.46. The molecule has 4 nitrogen and oxygen atoms in total. The summed E-state index contributed by atoms with van der Waals surface area (Å²) in [6, 6.07) is 9.53. The summed E-state index contributed by atoms with van der Waals surface area (Å²) in [6.07, 6.45) is 3.26. The van der Waals surface area contributed by atoms with Crippen molar-refractivity contribution in [2.75, 3.05) is 7.11 Å². The summed E-state index contributed by atoms with van der Waals surface area (Å²) < 4.78 is 5.28. The number of methoxy groups -OCH3 is 1. The van der Waals surface area contributed by atoms with E-state index in [-0.39, 0.29) is 11.9 Å². The number of hydrogen-bond acceptors (Lipinski definition) is 4. The van der Waals surface area contributed by atoms with Crippen molar-refractivity contribution in [1.82, 2.24) is 10.3 Å². The SMILES string of the molecule is COc1cc2c(cc1Cl)CC1=C(S2)C(=O)NC(c2ccccn2)C1. The van der Waals surface area contributed by atoms with Crippen molar-refractivity contribution in [1.29, 1.82) is 0 Å². The first-order valence-electron chi connectivity index (χ1n) is 7.64. The molecule has 0 radical (unpaired) electrons. The lowest BCUT2D eigenvalue weighted by molar-refractivity contribution is -0.118. The second-order valence-corrected chi connectivity index (χ2v) is 7.25. The molecule has 0 aliphatic carbocycles. The van der Waals surface area contributed by atoms with E-state index in [1.807, 2.05) is 30.3 Å². The minimum absolute atomic E-state index is 0.0310. The number of fused-ring (bicyclic) bond motifs is 1. The van der Waals surface area contributed by atoms with Crippen LogP contribution in [0.4, 0.5) is 0 Å². The van der Waals surface area contributed by atoms with Gasteiger partial charge in [-0.3, -0.25) is 9.78 Å². The number of amides is 1. The van der Waals surface area contributed by atoms with E-state index >= 15 is 0 Å². The summed E-state index contributed by atoms with van der Waals surface area (Å²) in [6.45, 7) is 0. The molecule has 3 heterocycles. The average Bonchev–Trinajstić information content (AvgIpc) is 2.60. The number of carbonyl (C=O) groups excluding carboxylic acids is 1. The third kappa shape index (κ3) is 2.68. The Labute approximate surface area is 149 Å². The molecule has 1 N–H and O–H groups in total. The fraction of sp³-hybridized carbons (Fsp3) is 0.222. The van der Waals surface area contributed by atoms with Crippen LogP contribution in [0.25, 0.3) is 0 Å². The highest BCUT2D eigenvalue weighted by molar-refractivity contribution is 8.04. The molecule has 1 unspecified atom stereocenters. The average molecular weight is 359 g/mol. The van der Waals surface area contributed by atoms with Gasteiger partial charge >= 0.3 is 0 Å². The molecule has 24 heavy (non-hydrogen) atoms. The van der Waals surface area contributed by atoms with Crippen LogP contribution in [0.3, 0.4) is 0 Å². The van der Waals surface area contributed by atoms with Gasteiger partial charge in [-0.15, -0.1) is 0 Å². The number of carbonyl (C=O) groups is 1. The molecule has 1 atom stereocenters. The van der Waals surface area contributed by atoms with E-state index in [2.05, 4.69) is 10.3 Å². The summed E-state index contributed by atoms with van der Waals surface area (Å²) in [4.78, 5) is 18.8. The van der Waals surface area contributed by atoms with Crippen LogP contribution >= 0.6 is 23.4 Å². The maximum absolute atomic E-state index is 12.6. The van der Waals surface area contributed by atoms with Crippen LogP contribution in [0.5, 0.6) is 5.75 Å². The number of thioether (sulfide) groups is 1. The molecule has 1 aromatic carbocycles. The second kappa shape index (κ2) is 6.15. The number of benzene rings is 1. The Hall–Kier alpha value is -1.98. The van der Waals surface area contributed by atoms with E-state index < -0.39 is 0 Å². The Morgan fingerprint density at radius 1 is 1.38 bits per heavy atom. The number of hydrogen-bond donors (Lipinski definition) is 1. The van der Waals surface area contributed by atoms with Crippen LogP contribution in [0.15, 0.2) is 51.9 Å². The molecule has 0 spiro atoms. The number of nitrogens with one attached hydrogen (secondary N) is 1. The third-order valence-electron chi connectivity index (χ3n) is 4.28. The molecule has 0 fully saturated rings. The van der Waals surface area contributed by atoms with Gasteiger partial charge in [-0.05, 0) is 48.2 Å². The quantitative estimate of drug-likeness (QED) is 0.884. The minimum atomic E-state index is -0.0756. The van der Waals surface area contributed by atoms with Crippen LogP contribution < -0.4 is 10.1 Å². The number of rotatable bonds is 2. The predicted octanol–water partition coefficient (Wildman–Crippen LogP) is 3.91. The highest BCUT2D eigenvalue weighted by Gasteiger charge is 2.32. The largest absolute Gasteiger partial charge is 0.495 e. The number of ether oxygens (including phenoxy) is 1. The van der Waals surface area contributed by atoms with Crippen LogP contribution in [0.2, 0.25) is 5.02 Å². The van der Waals surface area contributed by atoms with Crippen molar-refractivity contribution in [3.8, 4) is 5.75 Å². The van der Waals surface area contributed by atoms with Gasteiger partial charge in [-0.2, -0.15) is 0 Å². The van der Waals surface area contributed by atoms with Gasteiger partial charge in [0.1, 0.15) is 5.75 Å². The minimum Gasteiger partial charge on any atom is -0.495 e. The Kier molecular flexibility index (Phi) is 3.98. The Balaban J connectivity index is 1.67. The zero-order chi connectivity index (χ0) is 16.7. The second-order valence-electron chi connectivity index (χ2n) is 5.79. The summed E-state index contributed by atoms with van der Waals surface area (Å²) in [5.41, 5.74) is 3.17. The first-order chi connectivity index (χ1) is 11.7. The first-order valence-corrected chi connectivity index (χ1v) is 8.83. The lowest BCUT2D eigenvalue weighted by Gasteiger charge is -2.31. The van der Waals surface area contributed by atoms with Crippen LogP contribution in [0.1, 0.15) is 23.7 Å². The Morgan fingerprint density at radius 2 is 2.25 bits per heavy atom. The van der Waals surface area contributed by atoms with Crippen molar-refractivity contribution in [3.63, 3.8) is 0 Å². The molecular formula is C18H15ClN2O2S. The predicted molar refractivity (Wildman–Crippen MR) is 94.3 cm³/mol. The van der Waals surface area contributed by atoms with Gasteiger partial charge in [0, 0.05) is 11.1 Å². The smallest absolute Gasteiger partial charge is 0.258 e. The van der Waals surface area contributed by atoms with Crippen molar-refractivity contribution < 1.29 is 9.53 Å². The topological polar surface area (TPSA) is 51.2 Å². The van der Waals surface area contributed by atoms with E-state index in [0.29, 0.717) is 10.8 Å². The van der Waals surface area contributed by atoms with Gasteiger partial charge in [0.2, 0.25) is 0 Å². The molecule has 1 aromatic heterocycles. The summed E-state index contributed by atoms with van der Waals surface area (Å²) >= 11 is 7.74. The molecule has 2 aromatic rings. The molecule has 4 rings (SSSR count). The molecular weight excluding hydrogens is 344 g/mol. The molecule has 2 aliphatic rings. The van der Waals surface area contributed by atoms with Gasteiger partial charge in [-0.25, -0.2) is 0 Å². The fourth-order valence-corrected chi connectivity index (χ4v) is 4.47. The van der Waals surface area contributed by atoms with E-state index in [4.69, 9.17) is 16.3 Å². The van der Waals surface area contributed by atoms with E-state index in [1.54, 1.807) is 13.3 Å². The number of nitrogens with zero attached hydrogens (tertiary/aromatic N) is 1. The Bertz CT molecular complexity index is 852.